The predicted octanol–water partition coefficient (Wildman–Crippen LogP) is 3.88. The molecule has 0 aromatic heterocycles. The number of rotatable bonds is 4. The Balaban J connectivity index is 1.59. The summed E-state index contributed by atoms with van der Waals surface area (Å²) in [4.78, 5) is 26.9. The predicted molar refractivity (Wildman–Crippen MR) is 112 cm³/mol. The first-order chi connectivity index (χ1) is 13.3. The third kappa shape index (κ3) is 4.39. The number of benzene rings is 2. The quantitative estimate of drug-likeness (QED) is 0.459. The van der Waals surface area contributed by atoms with E-state index in [1.807, 2.05) is 11.0 Å². The Labute approximate surface area is 165 Å². The summed E-state index contributed by atoms with van der Waals surface area (Å²) in [6.45, 7) is 8.90. The molecule has 1 fully saturated rings. The summed E-state index contributed by atoms with van der Waals surface area (Å²) < 4.78 is 0. The van der Waals surface area contributed by atoms with Crippen LogP contribution in [0.1, 0.15) is 22.3 Å². The van der Waals surface area contributed by atoms with E-state index in [4.69, 9.17) is 0 Å². The lowest BCUT2D eigenvalue weighted by atomic mass is 10.0. The molecule has 6 heteroatoms. The first-order valence-corrected chi connectivity index (χ1v) is 9.39. The Bertz CT molecular complexity index is 911. The molecular formula is C22H25N3O3. The van der Waals surface area contributed by atoms with Crippen LogP contribution in [0, 0.1) is 30.9 Å². The number of carbonyl (C=O) groups is 1. The number of carbonyl (C=O) groups excluding carboxylic acids is 1. The number of non-ortho nitro benzene ring substituents is 1. The van der Waals surface area contributed by atoms with Crippen molar-refractivity contribution in [1.29, 1.82) is 0 Å². The van der Waals surface area contributed by atoms with E-state index in [2.05, 4.69) is 37.8 Å². The highest BCUT2D eigenvalue weighted by Gasteiger charge is 2.20. The fraction of sp³-hybridized carbons (Fsp3) is 0.318. The second-order valence-electron chi connectivity index (χ2n) is 7.21. The molecule has 0 aliphatic carbocycles. The minimum Gasteiger partial charge on any atom is -0.368 e. The second kappa shape index (κ2) is 8.25. The third-order valence-corrected chi connectivity index (χ3v) is 5.30. The highest BCUT2D eigenvalue weighted by molar-refractivity contribution is 5.92. The molecule has 1 aliphatic rings. The average Bonchev–Trinajstić information content (AvgIpc) is 2.69. The summed E-state index contributed by atoms with van der Waals surface area (Å²) in [7, 11) is 0. The van der Waals surface area contributed by atoms with Crippen LogP contribution in [0.15, 0.2) is 42.5 Å². The lowest BCUT2D eigenvalue weighted by Crippen LogP contribution is -2.48. The van der Waals surface area contributed by atoms with Crippen molar-refractivity contribution in [2.45, 2.75) is 20.8 Å². The zero-order valence-corrected chi connectivity index (χ0v) is 16.5. The highest BCUT2D eigenvalue weighted by Crippen LogP contribution is 2.21. The standard InChI is InChI=1S/C22H25N3O3/c1-16-14-18(3)19(15-17(16)2)4-9-22(26)24-12-10-23(11-13-24)20-5-7-21(8-6-20)25(27)28/h4-9,14-15H,10-13H2,1-3H3/b9-4+. The normalized spacial score (nSPS) is 14.5. The van der Waals surface area contributed by atoms with E-state index in [1.165, 1.54) is 23.3 Å². The van der Waals surface area contributed by atoms with Gasteiger partial charge in [0.05, 0.1) is 4.92 Å². The number of nitro groups is 1. The van der Waals surface area contributed by atoms with Gasteiger partial charge in [0, 0.05) is 50.1 Å². The summed E-state index contributed by atoms with van der Waals surface area (Å²) in [5, 5.41) is 10.8. The molecule has 1 aliphatic heterocycles. The molecule has 2 aromatic rings. The molecule has 0 saturated carbocycles. The Kier molecular flexibility index (Phi) is 5.78. The fourth-order valence-electron chi connectivity index (χ4n) is 3.40. The van der Waals surface area contributed by atoms with Crippen molar-refractivity contribution < 1.29 is 9.72 Å². The van der Waals surface area contributed by atoms with E-state index in [9.17, 15) is 14.9 Å². The van der Waals surface area contributed by atoms with Crippen molar-refractivity contribution in [1.82, 2.24) is 4.90 Å². The van der Waals surface area contributed by atoms with Gasteiger partial charge in [-0.3, -0.25) is 14.9 Å². The van der Waals surface area contributed by atoms with Gasteiger partial charge < -0.3 is 9.80 Å². The minimum absolute atomic E-state index is 0.0148. The number of hydrogen-bond acceptors (Lipinski definition) is 4. The minimum atomic E-state index is -0.399. The number of nitrogens with zero attached hydrogens (tertiary/aromatic N) is 3. The van der Waals surface area contributed by atoms with E-state index >= 15 is 0 Å². The van der Waals surface area contributed by atoms with Gasteiger partial charge in [-0.05, 0) is 61.2 Å². The number of amides is 1. The van der Waals surface area contributed by atoms with Crippen molar-refractivity contribution in [3.8, 4) is 0 Å². The number of aryl methyl sites for hydroxylation is 3. The van der Waals surface area contributed by atoms with Gasteiger partial charge in [0.25, 0.3) is 5.69 Å². The topological polar surface area (TPSA) is 66.7 Å². The van der Waals surface area contributed by atoms with Crippen LogP contribution in [0.4, 0.5) is 11.4 Å². The van der Waals surface area contributed by atoms with E-state index in [-0.39, 0.29) is 11.6 Å². The summed E-state index contributed by atoms with van der Waals surface area (Å²) in [6, 6.07) is 10.8. The molecule has 146 valence electrons. The monoisotopic (exact) mass is 379 g/mol. The molecule has 0 spiro atoms. The lowest BCUT2D eigenvalue weighted by Gasteiger charge is -2.35. The Morgan fingerprint density at radius 3 is 2.18 bits per heavy atom. The van der Waals surface area contributed by atoms with Crippen LogP contribution in [0.2, 0.25) is 0 Å². The summed E-state index contributed by atoms with van der Waals surface area (Å²) in [6.07, 6.45) is 3.55. The molecule has 0 unspecified atom stereocenters. The van der Waals surface area contributed by atoms with E-state index in [0.717, 1.165) is 16.8 Å². The van der Waals surface area contributed by atoms with Crippen LogP contribution < -0.4 is 4.90 Å². The zero-order chi connectivity index (χ0) is 20.3. The molecule has 1 amide bonds. The van der Waals surface area contributed by atoms with E-state index in [0.29, 0.717) is 26.2 Å². The number of nitro benzene ring substituents is 1. The van der Waals surface area contributed by atoms with Crippen molar-refractivity contribution >= 4 is 23.4 Å². The van der Waals surface area contributed by atoms with Gasteiger partial charge in [-0.1, -0.05) is 12.1 Å². The largest absolute Gasteiger partial charge is 0.368 e. The van der Waals surface area contributed by atoms with Crippen molar-refractivity contribution in [2.24, 2.45) is 0 Å². The Hall–Kier alpha value is -3.15. The molecule has 3 rings (SSSR count). The zero-order valence-electron chi connectivity index (χ0n) is 16.5. The molecule has 1 heterocycles. The molecule has 0 radical (unpaired) electrons. The van der Waals surface area contributed by atoms with Crippen LogP contribution in [0.5, 0.6) is 0 Å². The molecule has 28 heavy (non-hydrogen) atoms. The maximum absolute atomic E-state index is 12.5. The first-order valence-electron chi connectivity index (χ1n) is 9.39. The van der Waals surface area contributed by atoms with Gasteiger partial charge in [0.1, 0.15) is 0 Å². The van der Waals surface area contributed by atoms with Gasteiger partial charge in [0.2, 0.25) is 5.91 Å². The molecular weight excluding hydrogens is 354 g/mol. The number of piperazine rings is 1. The van der Waals surface area contributed by atoms with Crippen molar-refractivity contribution in [2.75, 3.05) is 31.1 Å². The molecule has 0 bridgehead atoms. The van der Waals surface area contributed by atoms with Gasteiger partial charge in [0.15, 0.2) is 0 Å². The van der Waals surface area contributed by atoms with Gasteiger partial charge >= 0.3 is 0 Å². The average molecular weight is 379 g/mol. The molecule has 2 aromatic carbocycles. The first kappa shape index (κ1) is 19.6. The molecule has 1 saturated heterocycles. The number of hydrogen-bond donors (Lipinski definition) is 0. The summed E-state index contributed by atoms with van der Waals surface area (Å²) >= 11 is 0. The van der Waals surface area contributed by atoms with Crippen molar-refractivity contribution in [3.63, 3.8) is 0 Å². The summed E-state index contributed by atoms with van der Waals surface area (Å²) in [5.74, 6) is 0.0148. The van der Waals surface area contributed by atoms with Crippen LogP contribution in [-0.2, 0) is 4.79 Å². The Morgan fingerprint density at radius 1 is 0.964 bits per heavy atom. The Morgan fingerprint density at radius 2 is 1.57 bits per heavy atom. The summed E-state index contributed by atoms with van der Waals surface area (Å²) in [5.41, 5.74) is 5.73. The second-order valence-corrected chi connectivity index (χ2v) is 7.21. The van der Waals surface area contributed by atoms with Crippen molar-refractivity contribution in [3.05, 3.63) is 74.8 Å². The van der Waals surface area contributed by atoms with Crippen LogP contribution in [0.3, 0.4) is 0 Å². The van der Waals surface area contributed by atoms with Gasteiger partial charge in [-0.15, -0.1) is 0 Å². The van der Waals surface area contributed by atoms with Crippen LogP contribution >= 0.6 is 0 Å². The maximum Gasteiger partial charge on any atom is 0.269 e. The highest BCUT2D eigenvalue weighted by atomic mass is 16.6. The lowest BCUT2D eigenvalue weighted by molar-refractivity contribution is -0.384. The smallest absolute Gasteiger partial charge is 0.269 e. The molecule has 0 atom stereocenters. The number of anilines is 1. The third-order valence-electron chi connectivity index (χ3n) is 5.30. The van der Waals surface area contributed by atoms with E-state index < -0.39 is 4.92 Å². The SMILES string of the molecule is Cc1cc(C)c(/C=C/C(=O)N2CCN(c3ccc([N+](=O)[O-])cc3)CC2)cc1C. The van der Waals surface area contributed by atoms with Gasteiger partial charge in [-0.2, -0.15) is 0 Å². The van der Waals surface area contributed by atoms with E-state index in [1.54, 1.807) is 18.2 Å². The molecule has 0 N–H and O–H groups in total. The molecule has 6 nitrogen and oxygen atoms in total. The van der Waals surface area contributed by atoms with Gasteiger partial charge in [-0.25, -0.2) is 0 Å². The fourth-order valence-corrected chi connectivity index (χ4v) is 3.40. The van der Waals surface area contributed by atoms with Crippen LogP contribution in [-0.4, -0.2) is 41.9 Å². The maximum atomic E-state index is 12.5. The van der Waals surface area contributed by atoms with Crippen LogP contribution in [0.25, 0.3) is 6.08 Å².